The van der Waals surface area contributed by atoms with Crippen molar-refractivity contribution in [3.05, 3.63) is 40.9 Å². The summed E-state index contributed by atoms with van der Waals surface area (Å²) in [6.07, 6.45) is 3.89. The first-order valence-electron chi connectivity index (χ1n) is 10.6. The van der Waals surface area contributed by atoms with E-state index < -0.39 is 18.0 Å². The van der Waals surface area contributed by atoms with E-state index in [-0.39, 0.29) is 16.4 Å². The van der Waals surface area contributed by atoms with Gasteiger partial charge in [-0.1, -0.05) is 11.6 Å². The van der Waals surface area contributed by atoms with Crippen molar-refractivity contribution in [3.63, 3.8) is 0 Å². The highest BCUT2D eigenvalue weighted by molar-refractivity contribution is 6.36. The highest BCUT2D eigenvalue weighted by atomic mass is 35.5. The molecule has 0 radical (unpaired) electrons. The van der Waals surface area contributed by atoms with Crippen molar-refractivity contribution in [2.24, 2.45) is 0 Å². The number of carbonyl (C=O) groups excluding carboxylic acids is 1. The number of carbonyl (C=O) groups is 1. The number of ether oxygens (including phenoxy) is 2. The summed E-state index contributed by atoms with van der Waals surface area (Å²) in [5.41, 5.74) is 2.80. The van der Waals surface area contributed by atoms with E-state index in [4.69, 9.17) is 26.5 Å². The van der Waals surface area contributed by atoms with Crippen molar-refractivity contribution < 1.29 is 18.7 Å². The van der Waals surface area contributed by atoms with Gasteiger partial charge >= 0.3 is 6.09 Å². The second-order valence-corrected chi connectivity index (χ2v) is 8.41. The van der Waals surface area contributed by atoms with Crippen molar-refractivity contribution >= 4 is 45.7 Å². The third kappa shape index (κ3) is 3.93. The fourth-order valence-electron chi connectivity index (χ4n) is 4.19. The van der Waals surface area contributed by atoms with Crippen LogP contribution in [0.4, 0.5) is 20.7 Å². The minimum Gasteiger partial charge on any atom is -0.474 e. The van der Waals surface area contributed by atoms with Gasteiger partial charge in [0.2, 0.25) is 5.88 Å². The van der Waals surface area contributed by atoms with Crippen molar-refractivity contribution in [2.75, 3.05) is 23.8 Å². The van der Waals surface area contributed by atoms with Gasteiger partial charge in [0.25, 0.3) is 0 Å². The molecule has 8 nitrogen and oxygen atoms in total. The number of hydrogen-bond donors (Lipinski definition) is 3. The minimum absolute atomic E-state index is 0.0649. The lowest BCUT2D eigenvalue weighted by atomic mass is 9.98. The molecule has 2 aliphatic rings. The lowest BCUT2D eigenvalue weighted by Gasteiger charge is -2.22. The van der Waals surface area contributed by atoms with Crippen molar-refractivity contribution in [2.45, 2.75) is 32.3 Å². The number of amides is 1. The highest BCUT2D eigenvalue weighted by Gasteiger charge is 2.25. The lowest BCUT2D eigenvalue weighted by molar-refractivity contribution is 0.141. The molecule has 1 fully saturated rings. The van der Waals surface area contributed by atoms with E-state index in [1.807, 2.05) is 6.92 Å². The Morgan fingerprint density at radius 3 is 2.97 bits per heavy atom. The molecule has 0 bridgehead atoms. The summed E-state index contributed by atoms with van der Waals surface area (Å²) in [5, 5.41) is 14.6. The Kier molecular flexibility index (Phi) is 5.49. The van der Waals surface area contributed by atoms with E-state index in [9.17, 15) is 4.79 Å². The maximum atomic E-state index is 15.3. The molecule has 0 unspecified atom stereocenters. The molecule has 1 aliphatic carbocycles. The Balaban J connectivity index is 1.49. The van der Waals surface area contributed by atoms with Gasteiger partial charge in [0.1, 0.15) is 30.0 Å². The highest BCUT2D eigenvalue weighted by Crippen LogP contribution is 2.40. The van der Waals surface area contributed by atoms with Crippen LogP contribution in [0, 0.1) is 18.2 Å². The molecule has 1 aromatic carbocycles. The SMILES string of the molecule is Cc1c(-c2cc3cc(NC(=O)O[C@@H]4CCCC4=N)ncc3c(Cl)c2F)cnc2c1NCCO2. The van der Waals surface area contributed by atoms with Crippen LogP contribution in [-0.4, -0.2) is 41.0 Å². The van der Waals surface area contributed by atoms with Gasteiger partial charge in [-0.15, -0.1) is 0 Å². The summed E-state index contributed by atoms with van der Waals surface area (Å²) in [6, 6.07) is 3.26. The Bertz CT molecular complexity index is 1300. The number of nitrogens with one attached hydrogen (secondary N) is 3. The topological polar surface area (TPSA) is 109 Å². The molecule has 0 saturated heterocycles. The molecule has 0 spiro atoms. The van der Waals surface area contributed by atoms with Crippen molar-refractivity contribution in [1.29, 1.82) is 5.41 Å². The van der Waals surface area contributed by atoms with E-state index in [1.165, 1.54) is 6.20 Å². The first-order chi connectivity index (χ1) is 15.9. The van der Waals surface area contributed by atoms with Crippen LogP contribution in [0.25, 0.3) is 21.9 Å². The zero-order valence-electron chi connectivity index (χ0n) is 17.8. The summed E-state index contributed by atoms with van der Waals surface area (Å²) in [4.78, 5) is 20.7. The first kappa shape index (κ1) is 21.4. The normalized spacial score (nSPS) is 17.3. The molecule has 1 saturated carbocycles. The average Bonchev–Trinajstić information content (AvgIpc) is 3.21. The van der Waals surface area contributed by atoms with Crippen LogP contribution in [0.2, 0.25) is 5.02 Å². The molecule has 1 amide bonds. The fourth-order valence-corrected chi connectivity index (χ4v) is 4.45. The van der Waals surface area contributed by atoms with Gasteiger partial charge in [0.15, 0.2) is 0 Å². The summed E-state index contributed by atoms with van der Waals surface area (Å²) < 4.78 is 26.1. The van der Waals surface area contributed by atoms with Gasteiger partial charge in [0.05, 0.1) is 5.02 Å². The molecule has 1 aliphatic heterocycles. The van der Waals surface area contributed by atoms with Crippen LogP contribution in [0.1, 0.15) is 24.8 Å². The third-order valence-electron chi connectivity index (χ3n) is 5.92. The molecule has 3 N–H and O–H groups in total. The van der Waals surface area contributed by atoms with E-state index in [0.717, 1.165) is 17.7 Å². The Hall–Kier alpha value is -3.46. The number of pyridine rings is 2. The number of benzene rings is 1. The van der Waals surface area contributed by atoms with Crippen LogP contribution >= 0.6 is 11.6 Å². The number of rotatable bonds is 3. The van der Waals surface area contributed by atoms with E-state index in [1.54, 1.807) is 18.3 Å². The summed E-state index contributed by atoms with van der Waals surface area (Å²) >= 11 is 6.35. The van der Waals surface area contributed by atoms with Gasteiger partial charge < -0.3 is 20.2 Å². The minimum atomic E-state index is -0.687. The lowest BCUT2D eigenvalue weighted by Crippen LogP contribution is -2.25. The van der Waals surface area contributed by atoms with E-state index in [0.29, 0.717) is 53.9 Å². The third-order valence-corrected chi connectivity index (χ3v) is 6.29. The van der Waals surface area contributed by atoms with Crippen LogP contribution in [0.15, 0.2) is 24.5 Å². The van der Waals surface area contributed by atoms with Crippen molar-refractivity contribution in [1.82, 2.24) is 9.97 Å². The van der Waals surface area contributed by atoms with Crippen molar-refractivity contribution in [3.8, 4) is 17.0 Å². The second kappa shape index (κ2) is 8.47. The Morgan fingerprint density at radius 1 is 1.33 bits per heavy atom. The molecule has 3 aromatic rings. The number of fused-ring (bicyclic) bond motifs is 2. The predicted molar refractivity (Wildman–Crippen MR) is 124 cm³/mol. The molecule has 170 valence electrons. The number of nitrogens with zero attached hydrogens (tertiary/aromatic N) is 2. The van der Waals surface area contributed by atoms with Gasteiger partial charge in [0, 0.05) is 41.2 Å². The van der Waals surface area contributed by atoms with E-state index >= 15 is 4.39 Å². The molecule has 33 heavy (non-hydrogen) atoms. The average molecular weight is 470 g/mol. The zero-order chi connectivity index (χ0) is 23.1. The number of hydrogen-bond acceptors (Lipinski definition) is 7. The Morgan fingerprint density at radius 2 is 2.18 bits per heavy atom. The monoisotopic (exact) mass is 469 g/mol. The van der Waals surface area contributed by atoms with Crippen LogP contribution in [-0.2, 0) is 4.74 Å². The van der Waals surface area contributed by atoms with Crippen LogP contribution in [0.5, 0.6) is 5.88 Å². The van der Waals surface area contributed by atoms with Gasteiger partial charge in [-0.3, -0.25) is 5.32 Å². The standard InChI is InChI=1S/C23H21ClFN5O3/c1-11-14(9-29-22-21(11)27-5-6-32-22)13-7-12-8-18(28-10-15(12)19(24)20(13)25)30-23(31)33-17-4-2-3-16(17)26/h7-10,17,26-27H,2-6H2,1H3,(H,28,30,31)/t17-/m1/s1. The number of anilines is 2. The number of halogens is 2. The van der Waals surface area contributed by atoms with E-state index in [2.05, 4.69) is 20.6 Å². The molecule has 1 atom stereocenters. The second-order valence-electron chi connectivity index (χ2n) is 8.03. The number of aromatic nitrogens is 2. The predicted octanol–water partition coefficient (Wildman–Crippen LogP) is 5.32. The molecule has 3 heterocycles. The molecule has 2 aromatic heterocycles. The molecular weight excluding hydrogens is 449 g/mol. The van der Waals surface area contributed by atoms with Gasteiger partial charge in [-0.05, 0) is 49.3 Å². The zero-order valence-corrected chi connectivity index (χ0v) is 18.6. The largest absolute Gasteiger partial charge is 0.474 e. The van der Waals surface area contributed by atoms with Gasteiger partial charge in [-0.25, -0.2) is 19.2 Å². The van der Waals surface area contributed by atoms with Crippen LogP contribution < -0.4 is 15.4 Å². The van der Waals surface area contributed by atoms with Crippen LogP contribution in [0.3, 0.4) is 0 Å². The summed E-state index contributed by atoms with van der Waals surface area (Å²) in [7, 11) is 0. The summed E-state index contributed by atoms with van der Waals surface area (Å²) in [5.74, 6) is 0.146. The fraction of sp³-hybridized carbons (Fsp3) is 0.304. The quantitative estimate of drug-likeness (QED) is 0.478. The first-order valence-corrected chi connectivity index (χ1v) is 11.0. The summed E-state index contributed by atoms with van der Waals surface area (Å²) in [6.45, 7) is 3.02. The molecular formula is C23H21ClFN5O3. The Labute approximate surface area is 194 Å². The maximum Gasteiger partial charge on any atom is 0.413 e. The maximum absolute atomic E-state index is 15.3. The molecule has 5 rings (SSSR count). The molecule has 10 heteroatoms. The van der Waals surface area contributed by atoms with Gasteiger partial charge in [-0.2, -0.15) is 0 Å². The smallest absolute Gasteiger partial charge is 0.413 e.